The van der Waals surface area contributed by atoms with Gasteiger partial charge in [-0.25, -0.2) is 0 Å². The number of halogens is 6. The number of benzene rings is 1. The molecule has 0 saturated heterocycles. The summed E-state index contributed by atoms with van der Waals surface area (Å²) in [7, 11) is 0. The minimum Gasteiger partial charge on any atom is -0.374 e. The van der Waals surface area contributed by atoms with Gasteiger partial charge in [0.05, 0.1) is 30.3 Å². The van der Waals surface area contributed by atoms with Crippen molar-refractivity contribution in [2.45, 2.75) is 36.5 Å². The first-order valence-electron chi connectivity index (χ1n) is 9.24. The third kappa shape index (κ3) is 4.47. The third-order valence-electron chi connectivity index (χ3n) is 5.17. The Hall–Kier alpha value is -2.03. The van der Waals surface area contributed by atoms with E-state index < -0.39 is 18.2 Å². The quantitative estimate of drug-likeness (QED) is 0.583. The zero-order valence-corrected chi connectivity index (χ0v) is 18.0. The van der Waals surface area contributed by atoms with Crippen LogP contribution in [0, 0.1) is 5.92 Å². The van der Waals surface area contributed by atoms with Crippen LogP contribution in [0.4, 0.5) is 13.2 Å². The van der Waals surface area contributed by atoms with Crippen molar-refractivity contribution >= 4 is 46.4 Å². The van der Waals surface area contributed by atoms with Gasteiger partial charge in [0.25, 0.3) is 5.60 Å². The fourth-order valence-electron chi connectivity index (χ4n) is 3.29. The maximum absolute atomic E-state index is 14.0. The predicted octanol–water partition coefficient (Wildman–Crippen LogP) is 5.21. The van der Waals surface area contributed by atoms with Gasteiger partial charge in [0.1, 0.15) is 0 Å². The lowest BCUT2D eigenvalue weighted by Gasteiger charge is -2.29. The Balaban J connectivity index is 1.50. The molecule has 3 atom stereocenters. The van der Waals surface area contributed by atoms with E-state index in [1.807, 2.05) is 0 Å². The minimum absolute atomic E-state index is 0.0583. The Morgan fingerprint density at radius 3 is 2.45 bits per heavy atom. The van der Waals surface area contributed by atoms with Crippen molar-refractivity contribution < 1.29 is 22.8 Å². The fourth-order valence-corrected chi connectivity index (χ4v) is 4.12. The van der Waals surface area contributed by atoms with Crippen molar-refractivity contribution in [2.24, 2.45) is 11.1 Å². The first-order valence-corrected chi connectivity index (χ1v) is 10.4. The summed E-state index contributed by atoms with van der Waals surface area (Å²) < 4.78 is 42.1. The van der Waals surface area contributed by atoms with Gasteiger partial charge in [0, 0.05) is 32.7 Å². The first kappa shape index (κ1) is 22.2. The number of hydrogen-bond donors (Lipinski definition) is 1. The molecule has 0 radical (unpaired) electrons. The van der Waals surface area contributed by atoms with E-state index in [0.717, 1.165) is 12.1 Å². The molecule has 1 aliphatic heterocycles. The van der Waals surface area contributed by atoms with E-state index in [0.29, 0.717) is 17.7 Å². The van der Waals surface area contributed by atoms with Gasteiger partial charge in [-0.3, -0.25) is 9.78 Å². The molecular weight excluding hydrogens is 478 g/mol. The van der Waals surface area contributed by atoms with Gasteiger partial charge >= 0.3 is 6.18 Å². The summed E-state index contributed by atoms with van der Waals surface area (Å²) in [5.41, 5.74) is -1.93. The van der Waals surface area contributed by atoms with E-state index in [4.69, 9.17) is 39.6 Å². The molecule has 3 unspecified atom stereocenters. The summed E-state index contributed by atoms with van der Waals surface area (Å²) in [5.74, 6) is -0.323. The molecule has 5 nitrogen and oxygen atoms in total. The Morgan fingerprint density at radius 2 is 1.90 bits per heavy atom. The second-order valence-electron chi connectivity index (χ2n) is 7.40. The molecule has 2 aliphatic rings. The zero-order valence-electron chi connectivity index (χ0n) is 15.7. The summed E-state index contributed by atoms with van der Waals surface area (Å²) >= 11 is 17.6. The SMILES string of the molecule is O=C(NCc1ccc(C2=NOC(c3cc(Cl)cc(Cl)c3)(C(F)(F)F)C2)cn1)C1CC1Cl. The van der Waals surface area contributed by atoms with Crippen LogP contribution in [0.3, 0.4) is 0 Å². The highest BCUT2D eigenvalue weighted by atomic mass is 35.5. The molecule has 1 amide bonds. The van der Waals surface area contributed by atoms with E-state index in [1.54, 1.807) is 12.1 Å². The van der Waals surface area contributed by atoms with Crippen LogP contribution < -0.4 is 5.32 Å². The Morgan fingerprint density at radius 1 is 1.23 bits per heavy atom. The topological polar surface area (TPSA) is 63.6 Å². The predicted molar refractivity (Wildman–Crippen MR) is 110 cm³/mol. The standard InChI is InChI=1S/C20H15Cl3F3N3O2/c21-12-3-11(4-13(22)5-12)19(20(24,25)26)7-17(29-31-19)10-1-2-14(27-8-10)9-28-18(30)15-6-16(15)23/h1-5,8,15-16H,6-7,9H2,(H,28,30). The van der Waals surface area contributed by atoms with E-state index in [1.165, 1.54) is 12.3 Å². The Labute approximate surface area is 190 Å². The highest BCUT2D eigenvalue weighted by Crippen LogP contribution is 2.49. The summed E-state index contributed by atoms with van der Waals surface area (Å²) in [6.45, 7) is 0.190. The van der Waals surface area contributed by atoms with Crippen molar-refractivity contribution in [3.63, 3.8) is 0 Å². The number of oxime groups is 1. The summed E-state index contributed by atoms with van der Waals surface area (Å²) in [6, 6.07) is 6.84. The van der Waals surface area contributed by atoms with E-state index in [9.17, 15) is 18.0 Å². The molecule has 0 spiro atoms. The van der Waals surface area contributed by atoms with Gasteiger partial charge in [-0.1, -0.05) is 28.4 Å². The van der Waals surface area contributed by atoms with Gasteiger partial charge in [-0.05, 0) is 36.8 Å². The average molecular weight is 493 g/mol. The van der Waals surface area contributed by atoms with Crippen molar-refractivity contribution in [3.8, 4) is 0 Å². The van der Waals surface area contributed by atoms with Crippen molar-refractivity contribution in [3.05, 3.63) is 63.4 Å². The van der Waals surface area contributed by atoms with E-state index in [2.05, 4.69) is 15.5 Å². The van der Waals surface area contributed by atoms with Gasteiger partial charge < -0.3 is 10.2 Å². The van der Waals surface area contributed by atoms with Crippen molar-refractivity contribution in [1.82, 2.24) is 10.3 Å². The van der Waals surface area contributed by atoms with E-state index in [-0.39, 0.29) is 45.1 Å². The van der Waals surface area contributed by atoms with Crippen LogP contribution in [-0.2, 0) is 21.8 Å². The summed E-state index contributed by atoms with van der Waals surface area (Å²) in [6.07, 6.45) is -3.29. The molecule has 164 valence electrons. The maximum atomic E-state index is 14.0. The van der Waals surface area contributed by atoms with Crippen LogP contribution in [0.15, 0.2) is 41.7 Å². The normalized spacial score (nSPS) is 25.0. The second-order valence-corrected chi connectivity index (χ2v) is 8.84. The number of rotatable bonds is 5. The Bertz CT molecular complexity index is 1030. The molecule has 1 aromatic heterocycles. The molecule has 11 heteroatoms. The Kier molecular flexibility index (Phi) is 5.83. The number of carbonyl (C=O) groups excluding carboxylic acids is 1. The maximum Gasteiger partial charge on any atom is 0.435 e. The molecule has 2 heterocycles. The lowest BCUT2D eigenvalue weighted by molar-refractivity contribution is -0.275. The lowest BCUT2D eigenvalue weighted by Crippen LogP contribution is -2.42. The third-order valence-corrected chi connectivity index (χ3v) is 6.08. The highest BCUT2D eigenvalue weighted by Gasteiger charge is 2.62. The van der Waals surface area contributed by atoms with Crippen LogP contribution in [-0.4, -0.2) is 28.2 Å². The van der Waals surface area contributed by atoms with Gasteiger partial charge in [-0.2, -0.15) is 13.2 Å². The number of carbonyl (C=O) groups is 1. The minimum atomic E-state index is -4.77. The lowest BCUT2D eigenvalue weighted by atomic mass is 9.87. The van der Waals surface area contributed by atoms with Gasteiger partial charge in [0.2, 0.25) is 5.91 Å². The van der Waals surface area contributed by atoms with E-state index >= 15 is 0 Å². The molecule has 2 aromatic rings. The molecule has 1 fully saturated rings. The number of amides is 1. The average Bonchev–Trinajstić information content (AvgIpc) is 3.25. The molecule has 0 bridgehead atoms. The molecule has 1 aromatic carbocycles. The monoisotopic (exact) mass is 491 g/mol. The first-order chi connectivity index (χ1) is 14.6. The van der Waals surface area contributed by atoms with Gasteiger partial charge in [-0.15, -0.1) is 11.6 Å². The van der Waals surface area contributed by atoms with Gasteiger partial charge in [0.15, 0.2) is 0 Å². The molecule has 1 aliphatic carbocycles. The summed E-state index contributed by atoms with van der Waals surface area (Å²) in [5, 5.41) is 6.41. The number of aromatic nitrogens is 1. The van der Waals surface area contributed by atoms with Crippen LogP contribution in [0.2, 0.25) is 10.0 Å². The van der Waals surface area contributed by atoms with Crippen LogP contribution >= 0.6 is 34.8 Å². The molecule has 1 N–H and O–H groups in total. The second kappa shape index (κ2) is 8.15. The van der Waals surface area contributed by atoms with Crippen molar-refractivity contribution in [1.29, 1.82) is 0 Å². The molecule has 31 heavy (non-hydrogen) atoms. The molecular formula is C20H15Cl3F3N3O2. The smallest absolute Gasteiger partial charge is 0.374 e. The number of hydrogen-bond acceptors (Lipinski definition) is 4. The number of nitrogens with one attached hydrogen (secondary N) is 1. The van der Waals surface area contributed by atoms with Crippen LogP contribution in [0.5, 0.6) is 0 Å². The highest BCUT2D eigenvalue weighted by molar-refractivity contribution is 6.34. The van der Waals surface area contributed by atoms with Crippen LogP contribution in [0.1, 0.15) is 29.7 Å². The largest absolute Gasteiger partial charge is 0.435 e. The fraction of sp³-hybridized carbons (Fsp3) is 0.350. The molecule has 1 saturated carbocycles. The number of pyridine rings is 1. The number of nitrogens with zero attached hydrogens (tertiary/aromatic N) is 2. The zero-order chi connectivity index (χ0) is 22.4. The summed E-state index contributed by atoms with van der Waals surface area (Å²) in [4.78, 5) is 21.0. The van der Waals surface area contributed by atoms with Crippen molar-refractivity contribution in [2.75, 3.05) is 0 Å². The number of alkyl halides is 4. The van der Waals surface area contributed by atoms with Crippen LogP contribution in [0.25, 0.3) is 0 Å². The molecule has 4 rings (SSSR count).